The van der Waals surface area contributed by atoms with Crippen molar-refractivity contribution in [3.63, 3.8) is 0 Å². The molecule has 1 amide bonds. The number of carbonyl (C=O) groups excluding carboxylic acids is 1. The Morgan fingerprint density at radius 3 is 2.11 bits per heavy atom. The second-order valence-electron chi connectivity index (χ2n) is 8.52. The number of benzene rings is 3. The van der Waals surface area contributed by atoms with Crippen molar-refractivity contribution in [3.05, 3.63) is 84.4 Å². The Labute approximate surface area is 207 Å². The van der Waals surface area contributed by atoms with Crippen LogP contribution in [0, 0.1) is 5.92 Å². The average molecular weight is 497 g/mol. The molecule has 35 heavy (non-hydrogen) atoms. The second kappa shape index (κ2) is 11.8. The van der Waals surface area contributed by atoms with Crippen LogP contribution < -0.4 is 19.1 Å². The second-order valence-corrected chi connectivity index (χ2v) is 10.4. The topological polar surface area (TPSA) is 84.9 Å². The van der Waals surface area contributed by atoms with Crippen LogP contribution in [-0.2, 0) is 14.8 Å². The number of nitrogens with zero attached hydrogens (tertiary/aromatic N) is 1. The van der Waals surface area contributed by atoms with Crippen molar-refractivity contribution >= 4 is 21.6 Å². The number of hydrogen-bond acceptors (Lipinski definition) is 5. The van der Waals surface area contributed by atoms with E-state index in [1.807, 2.05) is 30.3 Å². The van der Waals surface area contributed by atoms with Gasteiger partial charge in [0.2, 0.25) is 5.91 Å². The van der Waals surface area contributed by atoms with Gasteiger partial charge in [0.1, 0.15) is 18.0 Å². The highest BCUT2D eigenvalue weighted by molar-refractivity contribution is 7.92. The molecule has 0 aliphatic heterocycles. The summed E-state index contributed by atoms with van der Waals surface area (Å²) in [5.74, 6) is 0.792. The van der Waals surface area contributed by atoms with Gasteiger partial charge in [-0.15, -0.1) is 0 Å². The number of hydrogen-bond donors (Lipinski definition) is 1. The summed E-state index contributed by atoms with van der Waals surface area (Å²) in [6.07, 6.45) is 0.718. The van der Waals surface area contributed by atoms with Crippen LogP contribution in [0.25, 0.3) is 0 Å². The fourth-order valence-corrected chi connectivity index (χ4v) is 5.25. The molecule has 0 aliphatic carbocycles. The summed E-state index contributed by atoms with van der Waals surface area (Å²) < 4.78 is 39.1. The molecule has 0 unspecified atom stereocenters. The Bertz CT molecular complexity index is 1210. The minimum Gasteiger partial charge on any atom is -0.497 e. The van der Waals surface area contributed by atoms with Crippen LogP contribution in [0.4, 0.5) is 5.69 Å². The summed E-state index contributed by atoms with van der Waals surface area (Å²) in [5, 5.41) is 3.04. The van der Waals surface area contributed by atoms with Crippen LogP contribution in [0.3, 0.4) is 0 Å². The van der Waals surface area contributed by atoms with Crippen molar-refractivity contribution in [2.24, 2.45) is 5.92 Å². The third-order valence-electron chi connectivity index (χ3n) is 5.53. The van der Waals surface area contributed by atoms with Gasteiger partial charge in [0.25, 0.3) is 10.0 Å². The van der Waals surface area contributed by atoms with Gasteiger partial charge < -0.3 is 14.8 Å². The Hall–Kier alpha value is -3.52. The summed E-state index contributed by atoms with van der Waals surface area (Å²) >= 11 is 0. The van der Waals surface area contributed by atoms with E-state index in [9.17, 15) is 13.2 Å². The van der Waals surface area contributed by atoms with Crippen LogP contribution in [0.2, 0.25) is 0 Å². The molecule has 0 radical (unpaired) electrons. The van der Waals surface area contributed by atoms with E-state index in [-0.39, 0.29) is 16.6 Å². The predicted molar refractivity (Wildman–Crippen MR) is 137 cm³/mol. The molecule has 186 valence electrons. The predicted octanol–water partition coefficient (Wildman–Crippen LogP) is 4.80. The van der Waals surface area contributed by atoms with Crippen molar-refractivity contribution in [2.45, 2.75) is 31.2 Å². The fourth-order valence-electron chi connectivity index (χ4n) is 3.82. The number of anilines is 1. The molecule has 3 aromatic carbocycles. The highest BCUT2D eigenvalue weighted by Crippen LogP contribution is 2.32. The Balaban J connectivity index is 1.96. The maximum absolute atomic E-state index is 13.7. The lowest BCUT2D eigenvalue weighted by molar-refractivity contribution is -0.120. The number of para-hydroxylation sites is 2. The SMILES string of the molecule is COc1ccc(S(=O)(=O)N(CC(=O)N[C@H](CC(C)C)c2ccccc2)c2ccccc2OC)cc1. The fraction of sp³-hybridized carbons (Fsp3) is 0.296. The van der Waals surface area contributed by atoms with Crippen LogP contribution in [0.15, 0.2) is 83.8 Å². The summed E-state index contributed by atoms with van der Waals surface area (Å²) in [7, 11) is -1.12. The number of methoxy groups -OCH3 is 2. The number of carbonyl (C=O) groups is 1. The highest BCUT2D eigenvalue weighted by atomic mass is 32.2. The molecule has 3 rings (SSSR count). The summed E-state index contributed by atoms with van der Waals surface area (Å²) in [6, 6.07) is 22.2. The maximum atomic E-state index is 13.7. The lowest BCUT2D eigenvalue weighted by Crippen LogP contribution is -2.42. The van der Waals surface area contributed by atoms with Crippen molar-refractivity contribution < 1.29 is 22.7 Å². The standard InChI is InChI=1S/C27H32N2O5S/c1-20(2)18-24(21-10-6-5-7-11-21)28-27(30)19-29(25-12-8-9-13-26(25)34-4)35(31,32)23-16-14-22(33-3)15-17-23/h5-17,20,24H,18-19H2,1-4H3,(H,28,30)/t24-/m1/s1. The Morgan fingerprint density at radius 1 is 0.886 bits per heavy atom. The molecule has 1 atom stereocenters. The summed E-state index contributed by atoms with van der Waals surface area (Å²) in [5.41, 5.74) is 1.25. The number of sulfonamides is 1. The van der Waals surface area contributed by atoms with E-state index < -0.39 is 22.5 Å². The third-order valence-corrected chi connectivity index (χ3v) is 7.31. The van der Waals surface area contributed by atoms with Gasteiger partial charge in [-0.1, -0.05) is 56.3 Å². The zero-order valence-electron chi connectivity index (χ0n) is 20.5. The van der Waals surface area contributed by atoms with Gasteiger partial charge in [-0.2, -0.15) is 0 Å². The van der Waals surface area contributed by atoms with E-state index >= 15 is 0 Å². The van der Waals surface area contributed by atoms with E-state index in [4.69, 9.17) is 9.47 Å². The first-order valence-electron chi connectivity index (χ1n) is 11.4. The first-order chi connectivity index (χ1) is 16.8. The lowest BCUT2D eigenvalue weighted by Gasteiger charge is -2.27. The molecule has 1 N–H and O–H groups in total. The molecule has 0 fully saturated rings. The van der Waals surface area contributed by atoms with Gasteiger partial charge in [0.15, 0.2) is 0 Å². The minimum absolute atomic E-state index is 0.0406. The van der Waals surface area contributed by atoms with Gasteiger partial charge in [-0.25, -0.2) is 8.42 Å². The number of ether oxygens (including phenoxy) is 2. The van der Waals surface area contributed by atoms with Crippen molar-refractivity contribution in [1.82, 2.24) is 5.32 Å². The van der Waals surface area contributed by atoms with Crippen molar-refractivity contribution in [2.75, 3.05) is 25.1 Å². The monoisotopic (exact) mass is 496 g/mol. The molecule has 0 saturated carbocycles. The third kappa shape index (κ3) is 6.54. The van der Waals surface area contributed by atoms with Crippen LogP contribution in [-0.4, -0.2) is 35.1 Å². The number of nitrogens with one attached hydrogen (secondary N) is 1. The molecule has 3 aromatic rings. The molecule has 0 heterocycles. The zero-order valence-corrected chi connectivity index (χ0v) is 21.3. The van der Waals surface area contributed by atoms with Crippen molar-refractivity contribution in [3.8, 4) is 11.5 Å². The molecule has 0 spiro atoms. The first-order valence-corrected chi connectivity index (χ1v) is 12.8. The van der Waals surface area contributed by atoms with E-state index in [1.165, 1.54) is 26.4 Å². The van der Waals surface area contributed by atoms with Crippen molar-refractivity contribution in [1.29, 1.82) is 0 Å². The average Bonchev–Trinajstić information content (AvgIpc) is 2.87. The Morgan fingerprint density at radius 2 is 1.51 bits per heavy atom. The van der Waals surface area contributed by atoms with Gasteiger partial charge in [-0.3, -0.25) is 9.10 Å². The maximum Gasteiger partial charge on any atom is 0.264 e. The first kappa shape index (κ1) is 26.1. The van der Waals surface area contributed by atoms with Gasteiger partial charge in [0, 0.05) is 0 Å². The van der Waals surface area contributed by atoms with Gasteiger partial charge >= 0.3 is 0 Å². The van der Waals surface area contributed by atoms with Crippen LogP contribution in [0.1, 0.15) is 31.9 Å². The smallest absolute Gasteiger partial charge is 0.264 e. The van der Waals surface area contributed by atoms with E-state index in [1.54, 1.807) is 36.4 Å². The van der Waals surface area contributed by atoms with Crippen LogP contribution >= 0.6 is 0 Å². The molecule has 8 heteroatoms. The molecule has 7 nitrogen and oxygen atoms in total. The molecule has 0 aromatic heterocycles. The minimum atomic E-state index is -4.09. The van der Waals surface area contributed by atoms with E-state index in [2.05, 4.69) is 19.2 Å². The number of rotatable bonds is 11. The Kier molecular flexibility index (Phi) is 8.76. The van der Waals surface area contributed by atoms with Gasteiger partial charge in [-0.05, 0) is 54.3 Å². The quantitative estimate of drug-likeness (QED) is 0.412. The molecular formula is C27H32N2O5S. The number of amides is 1. The summed E-state index contributed by atoms with van der Waals surface area (Å²) in [6.45, 7) is 3.75. The molecule has 0 bridgehead atoms. The van der Waals surface area contributed by atoms with Gasteiger partial charge in [0.05, 0.1) is 30.8 Å². The summed E-state index contributed by atoms with van der Waals surface area (Å²) in [4.78, 5) is 13.3. The molecular weight excluding hydrogens is 464 g/mol. The largest absolute Gasteiger partial charge is 0.497 e. The molecule has 0 aliphatic rings. The van der Waals surface area contributed by atoms with E-state index in [0.717, 1.165) is 16.3 Å². The zero-order chi connectivity index (χ0) is 25.4. The van der Waals surface area contributed by atoms with Crippen LogP contribution in [0.5, 0.6) is 11.5 Å². The normalized spacial score (nSPS) is 12.1. The lowest BCUT2D eigenvalue weighted by atomic mass is 9.97. The molecule has 0 saturated heterocycles. The van der Waals surface area contributed by atoms with E-state index in [0.29, 0.717) is 17.4 Å². The highest BCUT2D eigenvalue weighted by Gasteiger charge is 2.30.